The summed E-state index contributed by atoms with van der Waals surface area (Å²) in [5, 5.41) is 17.8. The molecule has 0 aromatic rings. The van der Waals surface area contributed by atoms with Crippen molar-refractivity contribution in [3.63, 3.8) is 0 Å². The Bertz CT molecular complexity index is 394. The highest BCUT2D eigenvalue weighted by Crippen LogP contribution is 2.22. The van der Waals surface area contributed by atoms with Gasteiger partial charge < -0.3 is 10.2 Å². The van der Waals surface area contributed by atoms with E-state index in [4.69, 9.17) is 5.11 Å². The van der Waals surface area contributed by atoms with Gasteiger partial charge in [0.2, 0.25) is 0 Å². The molecule has 0 spiro atoms. The number of carboxylic acids is 2. The van der Waals surface area contributed by atoms with Gasteiger partial charge in [-0.15, -0.1) is 0 Å². The number of hydrogen-bond acceptors (Lipinski definition) is 2. The third-order valence-electron chi connectivity index (χ3n) is 6.18. The first kappa shape index (κ1) is 28.9. The molecule has 0 saturated carbocycles. The predicted molar refractivity (Wildman–Crippen MR) is 126 cm³/mol. The zero-order valence-corrected chi connectivity index (χ0v) is 19.8. The lowest BCUT2D eigenvalue weighted by Crippen LogP contribution is -2.08. The molecule has 1 atom stereocenters. The molecule has 0 aliphatic carbocycles. The van der Waals surface area contributed by atoms with E-state index in [0.717, 1.165) is 38.5 Å². The van der Waals surface area contributed by atoms with Crippen LogP contribution in [0.25, 0.3) is 0 Å². The Morgan fingerprint density at radius 1 is 0.533 bits per heavy atom. The van der Waals surface area contributed by atoms with Crippen molar-refractivity contribution in [3.05, 3.63) is 0 Å². The summed E-state index contributed by atoms with van der Waals surface area (Å²) in [5.74, 6) is -0.964. The maximum Gasteiger partial charge on any atom is 0.303 e. The molecular weight excluding hydrogens is 376 g/mol. The summed E-state index contributed by atoms with van der Waals surface area (Å²) < 4.78 is 0. The average Bonchev–Trinajstić information content (AvgIpc) is 2.69. The average molecular weight is 427 g/mol. The van der Waals surface area contributed by atoms with Crippen LogP contribution in [0.1, 0.15) is 148 Å². The Hall–Kier alpha value is -1.06. The van der Waals surface area contributed by atoms with Gasteiger partial charge in [0, 0.05) is 12.8 Å². The van der Waals surface area contributed by atoms with Crippen LogP contribution in [-0.2, 0) is 9.59 Å². The Kier molecular flexibility index (Phi) is 21.8. The zero-order chi connectivity index (χ0) is 22.3. The van der Waals surface area contributed by atoms with Crippen LogP contribution in [0.2, 0.25) is 0 Å². The van der Waals surface area contributed by atoms with E-state index in [0.29, 0.717) is 18.8 Å². The van der Waals surface area contributed by atoms with Gasteiger partial charge in [0.05, 0.1) is 0 Å². The summed E-state index contributed by atoms with van der Waals surface area (Å²) in [6.45, 7) is 2.25. The van der Waals surface area contributed by atoms with E-state index >= 15 is 0 Å². The number of unbranched alkanes of at least 4 members (excludes halogenated alkanes) is 16. The molecule has 0 bridgehead atoms. The quantitative estimate of drug-likeness (QED) is 0.152. The van der Waals surface area contributed by atoms with Gasteiger partial charge in [-0.25, -0.2) is 0 Å². The summed E-state index contributed by atoms with van der Waals surface area (Å²) in [6.07, 6.45) is 25.0. The maximum absolute atomic E-state index is 11.2. The minimum atomic E-state index is -0.686. The molecule has 0 rings (SSSR count). The van der Waals surface area contributed by atoms with Gasteiger partial charge in [0.15, 0.2) is 0 Å². The van der Waals surface area contributed by atoms with Crippen molar-refractivity contribution in [1.82, 2.24) is 0 Å². The fourth-order valence-corrected chi connectivity index (χ4v) is 4.29. The molecule has 0 heterocycles. The molecule has 30 heavy (non-hydrogen) atoms. The van der Waals surface area contributed by atoms with Crippen LogP contribution in [0, 0.1) is 5.92 Å². The minimum absolute atomic E-state index is 0.302. The first-order valence-electron chi connectivity index (χ1n) is 13.0. The Morgan fingerprint density at radius 2 is 0.900 bits per heavy atom. The van der Waals surface area contributed by atoms with Crippen molar-refractivity contribution >= 4 is 11.9 Å². The van der Waals surface area contributed by atoms with Crippen LogP contribution < -0.4 is 0 Å². The van der Waals surface area contributed by atoms with Crippen LogP contribution in [0.5, 0.6) is 0 Å². The number of hydrogen-bond donors (Lipinski definition) is 2. The fourth-order valence-electron chi connectivity index (χ4n) is 4.29. The lowest BCUT2D eigenvalue weighted by Gasteiger charge is -2.14. The molecule has 0 saturated heterocycles. The molecule has 4 nitrogen and oxygen atoms in total. The number of aliphatic carboxylic acids is 2. The minimum Gasteiger partial charge on any atom is -0.481 e. The van der Waals surface area contributed by atoms with E-state index in [1.807, 2.05) is 0 Å². The van der Waals surface area contributed by atoms with Gasteiger partial charge in [-0.2, -0.15) is 0 Å². The zero-order valence-electron chi connectivity index (χ0n) is 19.8. The van der Waals surface area contributed by atoms with E-state index in [-0.39, 0.29) is 0 Å². The molecule has 0 aliphatic rings. The van der Waals surface area contributed by atoms with E-state index < -0.39 is 11.9 Å². The topological polar surface area (TPSA) is 74.6 Å². The molecule has 1 unspecified atom stereocenters. The highest BCUT2D eigenvalue weighted by molar-refractivity contribution is 5.67. The second kappa shape index (κ2) is 22.6. The van der Waals surface area contributed by atoms with E-state index in [1.54, 1.807) is 0 Å². The van der Waals surface area contributed by atoms with Crippen molar-refractivity contribution in [1.29, 1.82) is 0 Å². The van der Waals surface area contributed by atoms with Crippen molar-refractivity contribution in [2.75, 3.05) is 0 Å². The van der Waals surface area contributed by atoms with Crippen LogP contribution in [-0.4, -0.2) is 22.2 Å². The molecule has 0 fully saturated rings. The molecule has 0 aliphatic heterocycles. The molecule has 0 aromatic heterocycles. The first-order valence-corrected chi connectivity index (χ1v) is 13.0. The third kappa shape index (κ3) is 23.2. The summed E-state index contributed by atoms with van der Waals surface area (Å²) >= 11 is 0. The standard InChI is InChI=1S/C26H50O4/c1-2-3-4-5-6-8-11-14-17-20-24(23-26(29)30)21-18-15-12-9-7-10-13-16-19-22-25(27)28/h24H,2-23H2,1H3,(H,27,28)(H,29,30). The number of carbonyl (C=O) groups is 2. The largest absolute Gasteiger partial charge is 0.481 e. The van der Waals surface area contributed by atoms with Gasteiger partial charge in [-0.05, 0) is 25.2 Å². The van der Waals surface area contributed by atoms with E-state index in [1.165, 1.54) is 89.9 Å². The predicted octanol–water partition coefficient (Wildman–Crippen LogP) is 8.37. The summed E-state index contributed by atoms with van der Waals surface area (Å²) in [7, 11) is 0. The van der Waals surface area contributed by atoms with Crippen LogP contribution in [0.3, 0.4) is 0 Å². The molecule has 0 radical (unpaired) electrons. The van der Waals surface area contributed by atoms with Crippen molar-refractivity contribution in [2.24, 2.45) is 5.92 Å². The lowest BCUT2D eigenvalue weighted by atomic mass is 9.91. The van der Waals surface area contributed by atoms with Crippen LogP contribution in [0.4, 0.5) is 0 Å². The van der Waals surface area contributed by atoms with Gasteiger partial charge in [-0.1, -0.05) is 116 Å². The summed E-state index contributed by atoms with van der Waals surface area (Å²) in [6, 6.07) is 0. The Labute approximate surface area is 186 Å². The Morgan fingerprint density at radius 3 is 1.27 bits per heavy atom. The van der Waals surface area contributed by atoms with Crippen molar-refractivity contribution in [2.45, 2.75) is 148 Å². The monoisotopic (exact) mass is 426 g/mol. The number of carboxylic acid groups (broad SMARTS) is 2. The van der Waals surface area contributed by atoms with Crippen molar-refractivity contribution in [3.8, 4) is 0 Å². The second-order valence-electron chi connectivity index (χ2n) is 9.20. The maximum atomic E-state index is 11.2. The molecule has 4 heteroatoms. The SMILES string of the molecule is CCCCCCCCCCCC(CCCCCCCCCCCC(=O)O)CC(=O)O. The smallest absolute Gasteiger partial charge is 0.303 e. The normalized spacial score (nSPS) is 12.2. The highest BCUT2D eigenvalue weighted by atomic mass is 16.4. The van der Waals surface area contributed by atoms with Crippen LogP contribution >= 0.6 is 0 Å². The molecule has 0 amide bonds. The van der Waals surface area contributed by atoms with E-state index in [9.17, 15) is 14.7 Å². The highest BCUT2D eigenvalue weighted by Gasteiger charge is 2.12. The van der Waals surface area contributed by atoms with E-state index in [2.05, 4.69) is 6.92 Å². The van der Waals surface area contributed by atoms with Crippen molar-refractivity contribution < 1.29 is 19.8 Å². The van der Waals surface area contributed by atoms with Gasteiger partial charge in [-0.3, -0.25) is 9.59 Å². The fraction of sp³-hybridized carbons (Fsp3) is 0.923. The molecule has 178 valence electrons. The Balaban J connectivity index is 3.57. The van der Waals surface area contributed by atoms with Crippen LogP contribution in [0.15, 0.2) is 0 Å². The third-order valence-corrected chi connectivity index (χ3v) is 6.18. The summed E-state index contributed by atoms with van der Waals surface area (Å²) in [5.41, 5.74) is 0. The second-order valence-corrected chi connectivity index (χ2v) is 9.20. The molecular formula is C26H50O4. The van der Waals surface area contributed by atoms with Gasteiger partial charge >= 0.3 is 11.9 Å². The molecule has 2 N–H and O–H groups in total. The number of rotatable bonds is 24. The first-order chi connectivity index (χ1) is 14.6. The lowest BCUT2D eigenvalue weighted by molar-refractivity contribution is -0.138. The molecule has 0 aromatic carbocycles. The summed E-state index contributed by atoms with van der Waals surface area (Å²) in [4.78, 5) is 21.6. The van der Waals surface area contributed by atoms with Gasteiger partial charge in [0.25, 0.3) is 0 Å². The van der Waals surface area contributed by atoms with Gasteiger partial charge in [0.1, 0.15) is 0 Å².